The van der Waals surface area contributed by atoms with Crippen LogP contribution in [0.4, 0.5) is 11.4 Å². The lowest BCUT2D eigenvalue weighted by Gasteiger charge is -2.13. The number of carbonyl (C=O) groups is 2. The molecule has 32 heavy (non-hydrogen) atoms. The highest BCUT2D eigenvalue weighted by atomic mass is 32.2. The van der Waals surface area contributed by atoms with Crippen LogP contribution in [-0.2, 0) is 24.2 Å². The summed E-state index contributed by atoms with van der Waals surface area (Å²) in [7, 11) is -3.63. The van der Waals surface area contributed by atoms with Crippen molar-refractivity contribution < 1.29 is 22.7 Å². The smallest absolute Gasteiger partial charge is 0.343 e. The summed E-state index contributed by atoms with van der Waals surface area (Å²) in [6, 6.07) is 13.6. The Kier molecular flexibility index (Phi) is 7.09. The third-order valence-corrected chi connectivity index (χ3v) is 6.52. The molecule has 8 nitrogen and oxygen atoms in total. The van der Waals surface area contributed by atoms with Crippen molar-refractivity contribution in [3.63, 3.8) is 0 Å². The molecule has 2 N–H and O–H groups in total. The second-order valence-electron chi connectivity index (χ2n) is 7.25. The van der Waals surface area contributed by atoms with Crippen LogP contribution in [-0.4, -0.2) is 38.5 Å². The third kappa shape index (κ3) is 5.42. The van der Waals surface area contributed by atoms with E-state index >= 15 is 0 Å². The van der Waals surface area contributed by atoms with Crippen molar-refractivity contribution in [2.75, 3.05) is 17.7 Å². The van der Waals surface area contributed by atoms with Gasteiger partial charge in [0.05, 0.1) is 28.6 Å². The predicted molar refractivity (Wildman–Crippen MR) is 122 cm³/mol. The van der Waals surface area contributed by atoms with Crippen molar-refractivity contribution in [3.05, 3.63) is 65.4 Å². The fraction of sp³-hybridized carbons (Fsp3) is 0.261. The van der Waals surface area contributed by atoms with E-state index in [9.17, 15) is 18.0 Å². The Balaban J connectivity index is 1.83. The fourth-order valence-corrected chi connectivity index (χ4v) is 4.36. The Morgan fingerprint density at radius 2 is 1.75 bits per heavy atom. The van der Waals surface area contributed by atoms with Crippen molar-refractivity contribution in [1.82, 2.24) is 5.32 Å². The van der Waals surface area contributed by atoms with Gasteiger partial charge >= 0.3 is 5.97 Å². The number of anilines is 1. The zero-order valence-corrected chi connectivity index (χ0v) is 19.0. The topological polar surface area (TPSA) is 114 Å². The number of sulfone groups is 1. The van der Waals surface area contributed by atoms with Crippen LogP contribution in [0, 0.1) is 6.92 Å². The molecule has 0 radical (unpaired) electrons. The van der Waals surface area contributed by atoms with Crippen molar-refractivity contribution in [2.45, 2.75) is 32.1 Å². The molecule has 168 valence electrons. The van der Waals surface area contributed by atoms with E-state index in [2.05, 4.69) is 15.6 Å². The van der Waals surface area contributed by atoms with Crippen LogP contribution < -0.4 is 10.6 Å². The standard InChI is InChI=1S/C23H25N3O5S/c1-4-31-23(28)21-16(3)24-18-7-5-6-8-19(18)25-22(21)26-20(27)13-14-32(29,30)17-11-9-15(2)10-12-17/h5-12,24H,4,13-14H2,1-3H3,(H,25,26,27). The number of rotatable bonds is 6. The number of esters is 1. The number of aliphatic imine (C=N–C) groups is 1. The van der Waals surface area contributed by atoms with Crippen molar-refractivity contribution in [1.29, 1.82) is 0 Å². The second kappa shape index (κ2) is 9.78. The van der Waals surface area contributed by atoms with Gasteiger partial charge in [0, 0.05) is 12.1 Å². The molecule has 1 amide bonds. The molecule has 1 heterocycles. The lowest BCUT2D eigenvalue weighted by molar-refractivity contribution is -0.137. The average molecular weight is 456 g/mol. The molecule has 0 aromatic heterocycles. The van der Waals surface area contributed by atoms with Gasteiger partial charge in [-0.1, -0.05) is 29.8 Å². The molecule has 9 heteroatoms. The minimum Gasteiger partial charge on any atom is -0.462 e. The van der Waals surface area contributed by atoms with Crippen LogP contribution in [0.3, 0.4) is 0 Å². The first kappa shape index (κ1) is 23.2. The molecule has 2 aromatic rings. The predicted octanol–water partition coefficient (Wildman–Crippen LogP) is 3.27. The molecule has 0 unspecified atom stereocenters. The highest BCUT2D eigenvalue weighted by molar-refractivity contribution is 7.91. The Morgan fingerprint density at radius 1 is 1.06 bits per heavy atom. The van der Waals surface area contributed by atoms with Crippen LogP contribution in [0.25, 0.3) is 0 Å². The zero-order valence-electron chi connectivity index (χ0n) is 18.1. The molecule has 1 aliphatic heterocycles. The van der Waals surface area contributed by atoms with Crippen molar-refractivity contribution in [3.8, 4) is 0 Å². The van der Waals surface area contributed by atoms with Gasteiger partial charge in [0.15, 0.2) is 9.84 Å². The van der Waals surface area contributed by atoms with E-state index in [4.69, 9.17) is 4.74 Å². The Labute approximate surface area is 187 Å². The number of benzene rings is 2. The first-order chi connectivity index (χ1) is 15.2. The Bertz CT molecular complexity index is 1200. The van der Waals surface area contributed by atoms with E-state index in [0.717, 1.165) is 5.56 Å². The summed E-state index contributed by atoms with van der Waals surface area (Å²) >= 11 is 0. The second-order valence-corrected chi connectivity index (χ2v) is 9.36. The molecule has 0 bridgehead atoms. The van der Waals surface area contributed by atoms with Crippen molar-refractivity contribution in [2.24, 2.45) is 4.99 Å². The molecule has 0 saturated carbocycles. The molecular formula is C23H25N3O5S. The molecular weight excluding hydrogens is 430 g/mol. The zero-order chi connectivity index (χ0) is 23.3. The molecule has 1 aliphatic rings. The average Bonchev–Trinajstić information content (AvgIpc) is 2.88. The number of fused-ring (bicyclic) bond motifs is 1. The van der Waals surface area contributed by atoms with Crippen LogP contribution in [0.1, 0.15) is 25.8 Å². The summed E-state index contributed by atoms with van der Waals surface area (Å²) in [5, 5.41) is 5.71. The number of allylic oxidation sites excluding steroid dienone is 1. The number of hydrogen-bond acceptors (Lipinski definition) is 7. The summed E-state index contributed by atoms with van der Waals surface area (Å²) in [6.07, 6.45) is -0.292. The SMILES string of the molecule is CCOC(=O)C1=C(C)Nc2ccccc2N=C1NC(=O)CCS(=O)(=O)c1ccc(C)cc1. The first-order valence-electron chi connectivity index (χ1n) is 10.1. The highest BCUT2D eigenvalue weighted by Crippen LogP contribution is 2.30. The number of nitrogens with one attached hydrogen (secondary N) is 2. The van der Waals surface area contributed by atoms with E-state index in [0.29, 0.717) is 17.1 Å². The molecule has 0 fully saturated rings. The number of amides is 1. The van der Waals surface area contributed by atoms with Crippen LogP contribution >= 0.6 is 0 Å². The van der Waals surface area contributed by atoms with Gasteiger partial charge in [0.2, 0.25) is 5.91 Å². The largest absolute Gasteiger partial charge is 0.462 e. The maximum Gasteiger partial charge on any atom is 0.343 e. The van der Waals surface area contributed by atoms with E-state index in [-0.39, 0.29) is 35.1 Å². The van der Waals surface area contributed by atoms with E-state index in [1.54, 1.807) is 44.2 Å². The first-order valence-corrected chi connectivity index (χ1v) is 11.8. The number of carbonyl (C=O) groups excluding carboxylic acids is 2. The number of ether oxygens (including phenoxy) is 1. The molecule has 0 saturated heterocycles. The molecule has 2 aromatic carbocycles. The monoisotopic (exact) mass is 455 g/mol. The molecule has 0 aliphatic carbocycles. The molecule has 3 rings (SSSR count). The maximum absolute atomic E-state index is 12.6. The van der Waals surface area contributed by atoms with Gasteiger partial charge < -0.3 is 15.4 Å². The van der Waals surface area contributed by atoms with Gasteiger partial charge in [-0.15, -0.1) is 0 Å². The van der Waals surface area contributed by atoms with E-state index in [1.807, 2.05) is 13.0 Å². The minimum atomic E-state index is -3.63. The Hall–Kier alpha value is -3.46. The summed E-state index contributed by atoms with van der Waals surface area (Å²) in [5.41, 5.74) is 2.67. The summed E-state index contributed by atoms with van der Waals surface area (Å²) in [6.45, 7) is 5.37. The van der Waals surface area contributed by atoms with Gasteiger partial charge in [0.25, 0.3) is 0 Å². The number of para-hydroxylation sites is 2. The molecule has 0 spiro atoms. The summed E-state index contributed by atoms with van der Waals surface area (Å²) in [4.78, 5) is 29.8. The Morgan fingerprint density at radius 3 is 2.44 bits per heavy atom. The van der Waals surface area contributed by atoms with E-state index in [1.165, 1.54) is 12.1 Å². The summed E-state index contributed by atoms with van der Waals surface area (Å²) in [5.74, 6) is -1.58. The van der Waals surface area contributed by atoms with Gasteiger partial charge in [-0.3, -0.25) is 4.79 Å². The van der Waals surface area contributed by atoms with Gasteiger partial charge in [0.1, 0.15) is 11.4 Å². The minimum absolute atomic E-state index is 0.0103. The lowest BCUT2D eigenvalue weighted by atomic mass is 10.2. The van der Waals surface area contributed by atoms with Crippen LogP contribution in [0.2, 0.25) is 0 Å². The van der Waals surface area contributed by atoms with Gasteiger partial charge in [-0.2, -0.15) is 0 Å². The van der Waals surface area contributed by atoms with Crippen LogP contribution in [0.15, 0.2) is 69.7 Å². The fourth-order valence-electron chi connectivity index (χ4n) is 3.12. The summed E-state index contributed by atoms with van der Waals surface area (Å²) < 4.78 is 30.3. The van der Waals surface area contributed by atoms with Crippen LogP contribution in [0.5, 0.6) is 0 Å². The molecule has 0 atom stereocenters. The third-order valence-electron chi connectivity index (χ3n) is 4.79. The highest BCUT2D eigenvalue weighted by Gasteiger charge is 2.26. The number of hydrogen-bond donors (Lipinski definition) is 2. The van der Waals surface area contributed by atoms with E-state index < -0.39 is 21.7 Å². The number of nitrogens with zero attached hydrogens (tertiary/aromatic N) is 1. The normalized spacial score (nSPS) is 13.4. The number of amidine groups is 1. The quantitative estimate of drug-likeness (QED) is 0.646. The van der Waals surface area contributed by atoms with Gasteiger partial charge in [-0.25, -0.2) is 18.2 Å². The lowest BCUT2D eigenvalue weighted by Crippen LogP contribution is -2.36. The number of aryl methyl sites for hydroxylation is 1. The van der Waals surface area contributed by atoms with Crippen molar-refractivity contribution >= 4 is 38.9 Å². The maximum atomic E-state index is 12.6. The van der Waals surface area contributed by atoms with Gasteiger partial charge in [-0.05, 0) is 45.0 Å².